The molecule has 1 atom stereocenters. The molecule has 1 aromatic heterocycles. The van der Waals surface area contributed by atoms with Crippen molar-refractivity contribution in [2.24, 2.45) is 0 Å². The first-order valence-electron chi connectivity index (χ1n) is 13.8. The van der Waals surface area contributed by atoms with Crippen LogP contribution in [0.1, 0.15) is 41.4 Å². The van der Waals surface area contributed by atoms with Crippen molar-refractivity contribution >= 4 is 0 Å². The predicted molar refractivity (Wildman–Crippen MR) is 152 cm³/mol. The van der Waals surface area contributed by atoms with Crippen LogP contribution in [0, 0.1) is 20.8 Å². The Morgan fingerprint density at radius 1 is 1.08 bits per heavy atom. The fourth-order valence-electron chi connectivity index (χ4n) is 5.04. The van der Waals surface area contributed by atoms with Gasteiger partial charge >= 0.3 is 0 Å². The first-order chi connectivity index (χ1) is 18.8. The van der Waals surface area contributed by atoms with Gasteiger partial charge in [-0.2, -0.15) is 0 Å². The van der Waals surface area contributed by atoms with E-state index in [1.54, 1.807) is 7.11 Å². The van der Waals surface area contributed by atoms with Gasteiger partial charge in [-0.3, -0.25) is 4.90 Å². The number of imidazole rings is 1. The van der Waals surface area contributed by atoms with Crippen LogP contribution < -0.4 is 14.2 Å². The van der Waals surface area contributed by atoms with E-state index in [-0.39, 0.29) is 13.2 Å². The van der Waals surface area contributed by atoms with Crippen molar-refractivity contribution in [3.8, 4) is 17.2 Å². The molecular formula is C31H43N3O5. The molecule has 0 bridgehead atoms. The second-order valence-electron chi connectivity index (χ2n) is 10.6. The van der Waals surface area contributed by atoms with E-state index in [1.165, 1.54) is 5.56 Å². The fraction of sp³-hybridized carbons (Fsp3) is 0.516. The zero-order valence-corrected chi connectivity index (χ0v) is 24.0. The molecule has 2 heterocycles. The van der Waals surface area contributed by atoms with Crippen LogP contribution in [0.25, 0.3) is 0 Å². The summed E-state index contributed by atoms with van der Waals surface area (Å²) in [5, 5.41) is 11.4. The highest BCUT2D eigenvalue weighted by Gasteiger charge is 2.34. The highest BCUT2D eigenvalue weighted by molar-refractivity contribution is 5.43. The number of benzene rings is 2. The summed E-state index contributed by atoms with van der Waals surface area (Å²) in [7, 11) is 1.66. The number of β-amino-alcohol motifs (C(OH)–C–C–N with tert-alkyl or cyclic N) is 1. The van der Waals surface area contributed by atoms with Gasteiger partial charge < -0.3 is 28.6 Å². The Bertz CT molecular complexity index is 1230. The average molecular weight is 538 g/mol. The van der Waals surface area contributed by atoms with Crippen molar-refractivity contribution in [2.45, 2.75) is 59.2 Å². The molecule has 4 rings (SSSR count). The van der Waals surface area contributed by atoms with Crippen LogP contribution in [-0.4, -0.2) is 71.8 Å². The Morgan fingerprint density at radius 3 is 2.72 bits per heavy atom. The van der Waals surface area contributed by atoms with Crippen molar-refractivity contribution in [2.75, 3.05) is 46.6 Å². The lowest BCUT2D eigenvalue weighted by atomic mass is 10.0. The zero-order valence-electron chi connectivity index (χ0n) is 24.0. The van der Waals surface area contributed by atoms with Gasteiger partial charge in [-0.15, -0.1) is 0 Å². The Balaban J connectivity index is 1.33. The summed E-state index contributed by atoms with van der Waals surface area (Å²) in [6.45, 7) is 12.5. The number of aryl methyl sites for hydroxylation is 4. The Labute approximate surface area is 232 Å². The van der Waals surface area contributed by atoms with Crippen LogP contribution in [0.2, 0.25) is 0 Å². The number of aliphatic hydroxyl groups is 1. The minimum absolute atomic E-state index is 0.169. The third kappa shape index (κ3) is 7.75. The summed E-state index contributed by atoms with van der Waals surface area (Å²) >= 11 is 0. The number of ether oxygens (including phenoxy) is 4. The van der Waals surface area contributed by atoms with Gasteiger partial charge in [0.15, 0.2) is 11.5 Å². The summed E-state index contributed by atoms with van der Waals surface area (Å²) in [4.78, 5) is 6.58. The van der Waals surface area contributed by atoms with Crippen LogP contribution in [0.15, 0.2) is 42.7 Å². The minimum Gasteiger partial charge on any atom is -0.493 e. The number of nitrogens with zero attached hydrogens (tertiary/aromatic N) is 3. The van der Waals surface area contributed by atoms with Gasteiger partial charge in [0.2, 0.25) is 0 Å². The SMILES string of the molecule is CCc1nccn1CCCOc1ccc(CN2CCOC[C@](O)(COc3cc(C)cc(C)c3C)C2)cc1OC. The number of rotatable bonds is 12. The Hall–Kier alpha value is -3.07. The summed E-state index contributed by atoms with van der Waals surface area (Å²) in [6, 6.07) is 10.2. The zero-order chi connectivity index (χ0) is 27.8. The van der Waals surface area contributed by atoms with Gasteiger partial charge in [-0.1, -0.05) is 19.1 Å². The van der Waals surface area contributed by atoms with E-state index < -0.39 is 5.60 Å². The molecule has 8 nitrogen and oxygen atoms in total. The smallest absolute Gasteiger partial charge is 0.161 e. The molecule has 0 spiro atoms. The highest BCUT2D eigenvalue weighted by atomic mass is 16.5. The van der Waals surface area contributed by atoms with Crippen molar-refractivity contribution in [1.82, 2.24) is 14.5 Å². The monoisotopic (exact) mass is 537 g/mol. The van der Waals surface area contributed by atoms with Crippen molar-refractivity contribution in [1.29, 1.82) is 0 Å². The van der Waals surface area contributed by atoms with Crippen LogP contribution >= 0.6 is 0 Å². The molecule has 0 saturated carbocycles. The van der Waals surface area contributed by atoms with E-state index in [9.17, 15) is 5.11 Å². The molecule has 0 radical (unpaired) electrons. The second-order valence-corrected chi connectivity index (χ2v) is 10.6. The van der Waals surface area contributed by atoms with Crippen molar-refractivity contribution in [3.63, 3.8) is 0 Å². The van der Waals surface area contributed by atoms with E-state index in [1.807, 2.05) is 37.5 Å². The van der Waals surface area contributed by atoms with Gasteiger partial charge in [-0.05, 0) is 67.6 Å². The first kappa shape index (κ1) is 28.9. The molecule has 1 saturated heterocycles. The maximum atomic E-state index is 11.4. The average Bonchev–Trinajstić information content (AvgIpc) is 3.30. The molecule has 3 aromatic rings. The molecule has 212 valence electrons. The van der Waals surface area contributed by atoms with E-state index >= 15 is 0 Å². The normalized spacial score (nSPS) is 18.1. The second kappa shape index (κ2) is 13.3. The van der Waals surface area contributed by atoms with Gasteiger partial charge in [0.05, 0.1) is 26.9 Å². The van der Waals surface area contributed by atoms with E-state index in [2.05, 4.69) is 47.4 Å². The van der Waals surface area contributed by atoms with Gasteiger partial charge in [0.1, 0.15) is 23.8 Å². The molecule has 8 heteroatoms. The number of hydrogen-bond donors (Lipinski definition) is 1. The molecule has 0 amide bonds. The molecule has 1 N–H and O–H groups in total. The molecule has 0 aliphatic carbocycles. The van der Waals surface area contributed by atoms with Gasteiger partial charge in [-0.25, -0.2) is 4.98 Å². The lowest BCUT2D eigenvalue weighted by molar-refractivity contribution is -0.0648. The van der Waals surface area contributed by atoms with Crippen LogP contribution in [0.3, 0.4) is 0 Å². The molecular weight excluding hydrogens is 494 g/mol. The van der Waals surface area contributed by atoms with Crippen LogP contribution in [0.5, 0.6) is 17.2 Å². The molecule has 1 aliphatic heterocycles. The van der Waals surface area contributed by atoms with E-state index in [4.69, 9.17) is 18.9 Å². The summed E-state index contributed by atoms with van der Waals surface area (Å²) < 4.78 is 25.8. The van der Waals surface area contributed by atoms with Crippen LogP contribution in [0.4, 0.5) is 0 Å². The predicted octanol–water partition coefficient (Wildman–Crippen LogP) is 4.49. The first-order valence-corrected chi connectivity index (χ1v) is 13.8. The minimum atomic E-state index is -1.11. The number of hydrogen-bond acceptors (Lipinski definition) is 7. The standard InChI is InChI=1S/C31H43N3O5/c1-6-30-32-10-12-34(30)11-7-14-38-27-9-8-26(18-29(27)36-5)19-33-13-15-37-21-31(35,20-33)22-39-28-17-23(2)16-24(3)25(28)4/h8-10,12,16-18,35H,6-7,11,13-15,19-22H2,1-5H3/t31-/m0/s1. The van der Waals surface area contributed by atoms with Crippen molar-refractivity contribution in [3.05, 3.63) is 70.8 Å². The van der Waals surface area contributed by atoms with E-state index in [0.29, 0.717) is 32.1 Å². The summed E-state index contributed by atoms with van der Waals surface area (Å²) in [6.07, 6.45) is 5.66. The summed E-state index contributed by atoms with van der Waals surface area (Å²) in [5.74, 6) is 3.34. The third-order valence-corrected chi connectivity index (χ3v) is 7.25. The van der Waals surface area contributed by atoms with Crippen molar-refractivity contribution < 1.29 is 24.1 Å². The van der Waals surface area contributed by atoms with Crippen LogP contribution in [-0.2, 0) is 24.2 Å². The maximum absolute atomic E-state index is 11.4. The number of methoxy groups -OCH3 is 1. The Morgan fingerprint density at radius 2 is 1.92 bits per heavy atom. The highest BCUT2D eigenvalue weighted by Crippen LogP contribution is 2.30. The third-order valence-electron chi connectivity index (χ3n) is 7.25. The lowest BCUT2D eigenvalue weighted by Gasteiger charge is -2.31. The van der Waals surface area contributed by atoms with E-state index in [0.717, 1.165) is 59.9 Å². The molecule has 1 aliphatic rings. The molecule has 39 heavy (non-hydrogen) atoms. The fourth-order valence-corrected chi connectivity index (χ4v) is 5.04. The lowest BCUT2D eigenvalue weighted by Crippen LogP contribution is -2.48. The topological polar surface area (TPSA) is 78.2 Å². The molecule has 0 unspecified atom stereocenters. The molecule has 1 fully saturated rings. The quantitative estimate of drug-likeness (QED) is 0.341. The maximum Gasteiger partial charge on any atom is 0.161 e. The Kier molecular flexibility index (Phi) is 9.88. The number of aromatic nitrogens is 2. The largest absolute Gasteiger partial charge is 0.493 e. The van der Waals surface area contributed by atoms with Gasteiger partial charge in [0, 0.05) is 45.0 Å². The van der Waals surface area contributed by atoms with Gasteiger partial charge in [0.25, 0.3) is 0 Å². The molecule has 2 aromatic carbocycles. The summed E-state index contributed by atoms with van der Waals surface area (Å²) in [5.41, 5.74) is 3.39.